The average Bonchev–Trinajstić information content (AvgIpc) is 2.67. The second-order valence-corrected chi connectivity index (χ2v) is 5.41. The van der Waals surface area contributed by atoms with Crippen LogP contribution in [0.1, 0.15) is 17.3 Å². The van der Waals surface area contributed by atoms with Crippen molar-refractivity contribution in [3.63, 3.8) is 0 Å². The lowest BCUT2D eigenvalue weighted by Gasteiger charge is -2.16. The molecule has 0 fully saturated rings. The van der Waals surface area contributed by atoms with E-state index in [2.05, 4.69) is 10.1 Å². The molecule has 0 heterocycles. The number of esters is 1. The summed E-state index contributed by atoms with van der Waals surface area (Å²) < 4.78 is 15.2. The predicted molar refractivity (Wildman–Crippen MR) is 96.1 cm³/mol. The summed E-state index contributed by atoms with van der Waals surface area (Å²) in [6.45, 7) is 1.52. The Kier molecular flexibility index (Phi) is 6.32. The van der Waals surface area contributed by atoms with Gasteiger partial charge < -0.3 is 19.5 Å². The van der Waals surface area contributed by atoms with Crippen LogP contribution >= 0.6 is 0 Å². The molecule has 0 saturated carbocycles. The van der Waals surface area contributed by atoms with E-state index in [9.17, 15) is 19.7 Å². The average molecular weight is 374 g/mol. The maximum absolute atomic E-state index is 12.4. The number of anilines is 1. The molecule has 2 rings (SSSR count). The molecule has 27 heavy (non-hydrogen) atoms. The van der Waals surface area contributed by atoms with Gasteiger partial charge in [-0.25, -0.2) is 4.79 Å². The smallest absolute Gasteiger partial charge is 0.337 e. The summed E-state index contributed by atoms with van der Waals surface area (Å²) in [5.74, 6) is -0.351. The number of hydrogen-bond donors (Lipinski definition) is 1. The van der Waals surface area contributed by atoms with Crippen molar-refractivity contribution < 1.29 is 28.7 Å². The molecule has 0 aromatic heterocycles. The summed E-state index contributed by atoms with van der Waals surface area (Å²) >= 11 is 0. The summed E-state index contributed by atoms with van der Waals surface area (Å²) in [4.78, 5) is 34.1. The first-order valence-corrected chi connectivity index (χ1v) is 7.84. The zero-order valence-electron chi connectivity index (χ0n) is 14.9. The number of carbonyl (C=O) groups is 2. The SMILES string of the molecule is COC(=O)c1ccc(OC(C)C(=O)Nc2cc([N+](=O)[O-])ccc2OC)cc1. The highest BCUT2D eigenvalue weighted by atomic mass is 16.6. The summed E-state index contributed by atoms with van der Waals surface area (Å²) in [6, 6.07) is 9.95. The molecule has 142 valence electrons. The highest BCUT2D eigenvalue weighted by Gasteiger charge is 2.19. The maximum Gasteiger partial charge on any atom is 0.337 e. The zero-order valence-corrected chi connectivity index (χ0v) is 14.9. The predicted octanol–water partition coefficient (Wildman–Crippen LogP) is 2.80. The van der Waals surface area contributed by atoms with Gasteiger partial charge in [0.15, 0.2) is 6.10 Å². The van der Waals surface area contributed by atoms with Gasteiger partial charge in [-0.1, -0.05) is 0 Å². The number of amides is 1. The Hall–Kier alpha value is -3.62. The minimum absolute atomic E-state index is 0.160. The van der Waals surface area contributed by atoms with E-state index in [1.54, 1.807) is 0 Å². The van der Waals surface area contributed by atoms with Gasteiger partial charge in [0, 0.05) is 12.1 Å². The van der Waals surface area contributed by atoms with Crippen molar-refractivity contribution in [1.82, 2.24) is 0 Å². The van der Waals surface area contributed by atoms with E-state index >= 15 is 0 Å². The van der Waals surface area contributed by atoms with E-state index in [1.807, 2.05) is 0 Å². The number of hydrogen-bond acceptors (Lipinski definition) is 7. The fourth-order valence-electron chi connectivity index (χ4n) is 2.19. The number of nitrogens with zero attached hydrogens (tertiary/aromatic N) is 1. The van der Waals surface area contributed by atoms with E-state index in [0.29, 0.717) is 11.3 Å². The third-order valence-corrected chi connectivity index (χ3v) is 3.61. The summed E-state index contributed by atoms with van der Waals surface area (Å²) in [5.41, 5.74) is 0.328. The van der Waals surface area contributed by atoms with Crippen LogP contribution in [0.25, 0.3) is 0 Å². The third-order valence-electron chi connectivity index (χ3n) is 3.61. The molecule has 1 atom stereocenters. The third kappa shape index (κ3) is 4.94. The molecule has 9 nitrogen and oxygen atoms in total. The van der Waals surface area contributed by atoms with Crippen LogP contribution in [-0.2, 0) is 9.53 Å². The summed E-state index contributed by atoms with van der Waals surface area (Å²) in [5, 5.41) is 13.5. The summed E-state index contributed by atoms with van der Waals surface area (Å²) in [7, 11) is 2.67. The fourth-order valence-corrected chi connectivity index (χ4v) is 2.19. The van der Waals surface area contributed by atoms with Crippen molar-refractivity contribution in [2.45, 2.75) is 13.0 Å². The zero-order chi connectivity index (χ0) is 20.0. The monoisotopic (exact) mass is 374 g/mol. The van der Waals surface area contributed by atoms with Crippen LogP contribution in [0, 0.1) is 10.1 Å². The number of non-ortho nitro benzene ring substituents is 1. The second kappa shape index (κ2) is 8.65. The molecule has 0 aliphatic carbocycles. The van der Waals surface area contributed by atoms with Crippen LogP contribution in [0.2, 0.25) is 0 Å². The van der Waals surface area contributed by atoms with Crippen molar-refractivity contribution >= 4 is 23.3 Å². The van der Waals surface area contributed by atoms with Crippen molar-refractivity contribution in [1.29, 1.82) is 0 Å². The Bertz CT molecular complexity index is 849. The lowest BCUT2D eigenvalue weighted by Crippen LogP contribution is -2.30. The van der Waals surface area contributed by atoms with Crippen LogP contribution in [0.3, 0.4) is 0 Å². The molecule has 0 aliphatic rings. The number of ether oxygens (including phenoxy) is 3. The van der Waals surface area contributed by atoms with Crippen LogP contribution in [0.4, 0.5) is 11.4 Å². The van der Waals surface area contributed by atoms with Gasteiger partial charge in [0.1, 0.15) is 11.5 Å². The van der Waals surface area contributed by atoms with Crippen LogP contribution < -0.4 is 14.8 Å². The van der Waals surface area contributed by atoms with E-state index in [-0.39, 0.29) is 17.1 Å². The molecule has 0 bridgehead atoms. The largest absolute Gasteiger partial charge is 0.495 e. The first-order chi connectivity index (χ1) is 12.8. The highest BCUT2D eigenvalue weighted by molar-refractivity contribution is 5.95. The Morgan fingerprint density at radius 3 is 2.33 bits per heavy atom. The van der Waals surface area contributed by atoms with Gasteiger partial charge in [-0.3, -0.25) is 14.9 Å². The van der Waals surface area contributed by atoms with E-state index in [1.165, 1.54) is 63.6 Å². The van der Waals surface area contributed by atoms with Crippen molar-refractivity contribution in [2.24, 2.45) is 0 Å². The molecule has 0 saturated heterocycles. The van der Waals surface area contributed by atoms with Crippen LogP contribution in [0.15, 0.2) is 42.5 Å². The van der Waals surface area contributed by atoms with Crippen molar-refractivity contribution in [2.75, 3.05) is 19.5 Å². The molecule has 0 radical (unpaired) electrons. The number of rotatable bonds is 7. The molecule has 1 N–H and O–H groups in total. The fraction of sp³-hybridized carbons (Fsp3) is 0.222. The van der Waals surface area contributed by atoms with Crippen LogP contribution in [0.5, 0.6) is 11.5 Å². The maximum atomic E-state index is 12.4. The Labute approximate surface area is 155 Å². The van der Waals surface area contributed by atoms with E-state index < -0.39 is 22.9 Å². The number of carbonyl (C=O) groups excluding carboxylic acids is 2. The second-order valence-electron chi connectivity index (χ2n) is 5.41. The molecule has 2 aromatic rings. The van der Waals surface area contributed by atoms with Gasteiger partial charge in [-0.05, 0) is 37.3 Å². The number of methoxy groups -OCH3 is 2. The lowest BCUT2D eigenvalue weighted by molar-refractivity contribution is -0.384. The minimum atomic E-state index is -0.905. The molecular formula is C18H18N2O7. The molecule has 0 spiro atoms. The number of benzene rings is 2. The topological polar surface area (TPSA) is 117 Å². The van der Waals surface area contributed by atoms with Gasteiger partial charge in [-0.2, -0.15) is 0 Å². The Morgan fingerprint density at radius 2 is 1.78 bits per heavy atom. The van der Waals surface area contributed by atoms with Crippen molar-refractivity contribution in [3.8, 4) is 11.5 Å². The Morgan fingerprint density at radius 1 is 1.11 bits per heavy atom. The molecule has 1 unspecified atom stereocenters. The Balaban J connectivity index is 2.08. The number of nitro groups is 1. The molecular weight excluding hydrogens is 356 g/mol. The first kappa shape index (κ1) is 19.7. The van der Waals surface area contributed by atoms with Gasteiger partial charge >= 0.3 is 5.97 Å². The molecule has 2 aromatic carbocycles. The molecule has 0 aliphatic heterocycles. The highest BCUT2D eigenvalue weighted by Crippen LogP contribution is 2.29. The molecule has 1 amide bonds. The lowest BCUT2D eigenvalue weighted by atomic mass is 10.2. The number of nitro benzene ring substituents is 1. The van der Waals surface area contributed by atoms with Gasteiger partial charge in [0.2, 0.25) is 0 Å². The van der Waals surface area contributed by atoms with E-state index in [4.69, 9.17) is 9.47 Å². The van der Waals surface area contributed by atoms with Gasteiger partial charge in [-0.15, -0.1) is 0 Å². The standard InChI is InChI=1S/C18H18N2O7/c1-11(27-14-7-4-12(5-8-14)18(22)26-3)17(21)19-15-10-13(20(23)24)6-9-16(15)25-2/h4-11H,1-3H3,(H,19,21). The van der Waals surface area contributed by atoms with Crippen molar-refractivity contribution in [3.05, 3.63) is 58.1 Å². The number of nitrogens with one attached hydrogen (secondary N) is 1. The van der Waals surface area contributed by atoms with Gasteiger partial charge in [0.05, 0.1) is 30.4 Å². The minimum Gasteiger partial charge on any atom is -0.495 e. The first-order valence-electron chi connectivity index (χ1n) is 7.84. The quantitative estimate of drug-likeness (QED) is 0.450. The van der Waals surface area contributed by atoms with Gasteiger partial charge in [0.25, 0.3) is 11.6 Å². The normalized spacial score (nSPS) is 11.2. The molecule has 9 heteroatoms. The summed E-state index contributed by atoms with van der Waals surface area (Å²) in [6.07, 6.45) is -0.905. The van der Waals surface area contributed by atoms with Crippen LogP contribution in [-0.4, -0.2) is 37.1 Å². The van der Waals surface area contributed by atoms with E-state index in [0.717, 1.165) is 0 Å².